The van der Waals surface area contributed by atoms with E-state index < -0.39 is 0 Å². The number of fused-ring (bicyclic) bond motifs is 1. The summed E-state index contributed by atoms with van der Waals surface area (Å²) in [4.78, 5) is 0. The minimum Gasteiger partial charge on any atom is -0.399 e. The molecule has 0 saturated carbocycles. The Balaban J connectivity index is 2.86. The summed E-state index contributed by atoms with van der Waals surface area (Å²) in [6.45, 7) is 0. The lowest BCUT2D eigenvalue weighted by atomic mass is 10.2. The van der Waals surface area contributed by atoms with E-state index in [1.54, 1.807) is 12.3 Å². The predicted molar refractivity (Wildman–Crippen MR) is 47.4 cm³/mol. The normalized spacial score (nSPS) is 9.92. The summed E-state index contributed by atoms with van der Waals surface area (Å²) in [5, 5.41) is 9.72. The largest absolute Gasteiger partial charge is 0.399 e. The molecule has 0 unspecified atom stereocenters. The zero-order valence-corrected chi connectivity index (χ0v) is 6.36. The Hall–Kier alpha value is -1.95. The summed E-state index contributed by atoms with van der Waals surface area (Å²) in [5.41, 5.74) is 7.12. The van der Waals surface area contributed by atoms with Crippen molar-refractivity contribution in [3.8, 4) is 6.19 Å². The Labute approximate surface area is 69.6 Å². The Kier molecular flexibility index (Phi) is 1.28. The van der Waals surface area contributed by atoms with Gasteiger partial charge in [0.05, 0.1) is 5.52 Å². The van der Waals surface area contributed by atoms with Gasteiger partial charge in [-0.25, -0.2) is 0 Å². The van der Waals surface area contributed by atoms with E-state index in [0.717, 1.165) is 10.9 Å². The number of aromatic nitrogens is 1. The quantitative estimate of drug-likeness (QED) is 0.590. The summed E-state index contributed by atoms with van der Waals surface area (Å²) >= 11 is 0. The number of nitrogen functional groups attached to an aromatic ring is 1. The first-order valence-corrected chi connectivity index (χ1v) is 3.58. The van der Waals surface area contributed by atoms with Crippen LogP contribution < -0.4 is 5.73 Å². The fourth-order valence-electron chi connectivity index (χ4n) is 1.23. The molecule has 1 aromatic carbocycles. The molecule has 2 N–H and O–H groups in total. The number of hydrogen-bond acceptors (Lipinski definition) is 2. The van der Waals surface area contributed by atoms with Gasteiger partial charge in [-0.1, -0.05) is 6.07 Å². The van der Waals surface area contributed by atoms with Crippen molar-refractivity contribution in [2.24, 2.45) is 0 Å². The number of nitrogens with zero attached hydrogens (tertiary/aromatic N) is 2. The molecule has 2 aromatic rings. The van der Waals surface area contributed by atoms with Gasteiger partial charge in [0.25, 0.3) is 0 Å². The van der Waals surface area contributed by atoms with Crippen LogP contribution in [0.2, 0.25) is 0 Å². The van der Waals surface area contributed by atoms with Crippen LogP contribution in [0, 0.1) is 11.5 Å². The van der Waals surface area contributed by atoms with Gasteiger partial charge in [-0.15, -0.1) is 0 Å². The zero-order valence-electron chi connectivity index (χ0n) is 6.36. The third-order valence-electron chi connectivity index (χ3n) is 1.82. The van der Waals surface area contributed by atoms with Crippen molar-refractivity contribution in [1.82, 2.24) is 4.57 Å². The molecular weight excluding hydrogens is 150 g/mol. The number of nitrogens with two attached hydrogens (primary N) is 1. The molecule has 2 rings (SSSR count). The van der Waals surface area contributed by atoms with E-state index in [0.29, 0.717) is 5.69 Å². The molecule has 1 aromatic heterocycles. The highest BCUT2D eigenvalue weighted by molar-refractivity contribution is 5.83. The number of rotatable bonds is 0. The molecule has 12 heavy (non-hydrogen) atoms. The minimum absolute atomic E-state index is 0.678. The van der Waals surface area contributed by atoms with Gasteiger partial charge in [-0.2, -0.15) is 5.26 Å². The van der Waals surface area contributed by atoms with Crippen molar-refractivity contribution in [2.45, 2.75) is 0 Å². The van der Waals surface area contributed by atoms with E-state index in [4.69, 9.17) is 11.0 Å². The maximum Gasteiger partial charge on any atom is 0.188 e. The van der Waals surface area contributed by atoms with Gasteiger partial charge in [0.15, 0.2) is 6.19 Å². The average Bonchev–Trinajstić information content (AvgIpc) is 2.46. The molecule has 0 radical (unpaired) electrons. The second-order valence-corrected chi connectivity index (χ2v) is 2.60. The second-order valence-electron chi connectivity index (χ2n) is 2.60. The van der Waals surface area contributed by atoms with Crippen molar-refractivity contribution in [2.75, 3.05) is 5.73 Å². The molecule has 1 heterocycles. The van der Waals surface area contributed by atoms with Gasteiger partial charge in [0.2, 0.25) is 0 Å². The molecule has 0 fully saturated rings. The van der Waals surface area contributed by atoms with Crippen LogP contribution in [0.25, 0.3) is 10.9 Å². The van der Waals surface area contributed by atoms with Gasteiger partial charge >= 0.3 is 0 Å². The lowest BCUT2D eigenvalue weighted by molar-refractivity contribution is 1.15. The smallest absolute Gasteiger partial charge is 0.188 e. The third kappa shape index (κ3) is 0.823. The zero-order chi connectivity index (χ0) is 8.55. The van der Waals surface area contributed by atoms with Gasteiger partial charge in [0.1, 0.15) is 0 Å². The predicted octanol–water partition coefficient (Wildman–Crippen LogP) is 1.55. The molecule has 0 aliphatic heterocycles. The molecule has 0 saturated heterocycles. The third-order valence-corrected chi connectivity index (χ3v) is 1.82. The molecule has 0 bridgehead atoms. The van der Waals surface area contributed by atoms with E-state index in [-0.39, 0.29) is 0 Å². The highest BCUT2D eigenvalue weighted by Crippen LogP contribution is 2.17. The Morgan fingerprint density at radius 2 is 2.17 bits per heavy atom. The molecule has 0 amide bonds. The first-order chi connectivity index (χ1) is 5.81. The lowest BCUT2D eigenvalue weighted by Crippen LogP contribution is -1.87. The highest BCUT2D eigenvalue weighted by atomic mass is 14.9. The van der Waals surface area contributed by atoms with Crippen molar-refractivity contribution in [3.63, 3.8) is 0 Å². The average molecular weight is 157 g/mol. The van der Waals surface area contributed by atoms with Crippen LogP contribution in [-0.2, 0) is 0 Å². The summed E-state index contributed by atoms with van der Waals surface area (Å²) in [6, 6.07) is 7.40. The van der Waals surface area contributed by atoms with E-state index in [1.807, 2.05) is 24.4 Å². The van der Waals surface area contributed by atoms with Crippen molar-refractivity contribution in [3.05, 3.63) is 30.5 Å². The molecule has 0 spiro atoms. The van der Waals surface area contributed by atoms with E-state index in [2.05, 4.69) is 0 Å². The first-order valence-electron chi connectivity index (χ1n) is 3.58. The highest BCUT2D eigenvalue weighted by Gasteiger charge is 1.98. The van der Waals surface area contributed by atoms with Crippen molar-refractivity contribution < 1.29 is 0 Å². The van der Waals surface area contributed by atoms with Gasteiger partial charge in [-0.05, 0) is 18.2 Å². The number of benzene rings is 1. The van der Waals surface area contributed by atoms with E-state index >= 15 is 0 Å². The monoisotopic (exact) mass is 157 g/mol. The SMILES string of the molecule is N#Cn1ccc2ccc(N)cc21. The summed E-state index contributed by atoms with van der Waals surface area (Å²) in [6.07, 6.45) is 3.76. The molecule has 0 aliphatic rings. The van der Waals surface area contributed by atoms with Gasteiger partial charge in [-0.3, -0.25) is 4.57 Å². The lowest BCUT2D eigenvalue weighted by Gasteiger charge is -1.94. The summed E-state index contributed by atoms with van der Waals surface area (Å²) < 4.78 is 1.49. The van der Waals surface area contributed by atoms with Crippen molar-refractivity contribution >= 4 is 16.6 Å². The van der Waals surface area contributed by atoms with E-state index in [9.17, 15) is 0 Å². The summed E-state index contributed by atoms with van der Waals surface area (Å²) in [7, 11) is 0. The maximum absolute atomic E-state index is 8.69. The van der Waals surface area contributed by atoms with Crippen LogP contribution in [0.3, 0.4) is 0 Å². The van der Waals surface area contributed by atoms with Crippen LogP contribution in [-0.4, -0.2) is 4.57 Å². The first kappa shape index (κ1) is 6.74. The van der Waals surface area contributed by atoms with Crippen LogP contribution in [0.15, 0.2) is 30.5 Å². The Morgan fingerprint density at radius 3 is 2.92 bits per heavy atom. The van der Waals surface area contributed by atoms with Crippen LogP contribution in [0.5, 0.6) is 0 Å². The van der Waals surface area contributed by atoms with Crippen LogP contribution >= 0.6 is 0 Å². The number of nitriles is 1. The molecule has 3 heteroatoms. The fourth-order valence-corrected chi connectivity index (χ4v) is 1.23. The maximum atomic E-state index is 8.69. The number of anilines is 1. The number of hydrogen-bond donors (Lipinski definition) is 1. The second kappa shape index (κ2) is 2.28. The topological polar surface area (TPSA) is 54.7 Å². The molecular formula is C9H7N3. The fraction of sp³-hybridized carbons (Fsp3) is 0. The van der Waals surface area contributed by atoms with Crippen molar-refractivity contribution in [1.29, 1.82) is 5.26 Å². The van der Waals surface area contributed by atoms with Gasteiger partial charge in [0, 0.05) is 17.3 Å². The molecule has 0 aliphatic carbocycles. The molecule has 3 nitrogen and oxygen atoms in total. The van der Waals surface area contributed by atoms with Crippen LogP contribution in [0.4, 0.5) is 5.69 Å². The molecule has 58 valence electrons. The molecule has 0 atom stereocenters. The van der Waals surface area contributed by atoms with E-state index in [1.165, 1.54) is 4.57 Å². The minimum atomic E-state index is 0.678. The van der Waals surface area contributed by atoms with Crippen LogP contribution in [0.1, 0.15) is 0 Å². The van der Waals surface area contributed by atoms with Gasteiger partial charge < -0.3 is 5.73 Å². The Bertz CT molecular complexity index is 462. The standard InChI is InChI=1S/C9H7N3/c10-6-12-4-3-7-1-2-8(11)5-9(7)12/h1-5H,11H2. The summed E-state index contributed by atoms with van der Waals surface area (Å²) in [5.74, 6) is 0. The Morgan fingerprint density at radius 1 is 1.33 bits per heavy atom.